The fourth-order valence-corrected chi connectivity index (χ4v) is 3.55. The number of H-pyrrole nitrogens is 1. The van der Waals surface area contributed by atoms with Crippen LogP contribution in [-0.4, -0.2) is 40.3 Å². The normalized spacial score (nSPS) is 12.7. The minimum Gasteiger partial charge on any atom is -0.486 e. The lowest BCUT2D eigenvalue weighted by Gasteiger charge is -2.19. The molecule has 3 N–H and O–H groups in total. The third-order valence-electron chi connectivity index (χ3n) is 4.90. The second kappa shape index (κ2) is 7.47. The molecule has 5 rings (SSSR count). The first-order valence-electron chi connectivity index (χ1n) is 9.83. The Bertz CT molecular complexity index is 1210. The minimum atomic E-state index is -0.300. The summed E-state index contributed by atoms with van der Waals surface area (Å²) >= 11 is 0. The second-order valence-corrected chi connectivity index (χ2v) is 6.91. The molecule has 0 spiro atoms. The van der Waals surface area contributed by atoms with Crippen molar-refractivity contribution in [1.29, 1.82) is 0 Å². The Hall–Kier alpha value is -3.94. The van der Waals surface area contributed by atoms with Gasteiger partial charge in [0.1, 0.15) is 13.2 Å². The lowest BCUT2D eigenvalue weighted by atomic mass is 10.0. The SMILES string of the molecule is CCNC(=O)Nc1nc2cc(-c3ccc4c(c3)OCCO4)cc(-n3cccc3)c2[nH]1. The van der Waals surface area contributed by atoms with Gasteiger partial charge in [0, 0.05) is 18.9 Å². The maximum Gasteiger partial charge on any atom is 0.321 e. The van der Waals surface area contributed by atoms with E-state index >= 15 is 0 Å². The molecule has 8 heteroatoms. The van der Waals surface area contributed by atoms with Gasteiger partial charge in [-0.2, -0.15) is 0 Å². The van der Waals surface area contributed by atoms with Gasteiger partial charge in [0.15, 0.2) is 11.5 Å². The molecule has 0 fully saturated rings. The van der Waals surface area contributed by atoms with Gasteiger partial charge in [-0.3, -0.25) is 5.32 Å². The first-order valence-corrected chi connectivity index (χ1v) is 9.83. The van der Waals surface area contributed by atoms with Crippen LogP contribution < -0.4 is 20.1 Å². The van der Waals surface area contributed by atoms with Crippen molar-refractivity contribution < 1.29 is 14.3 Å². The highest BCUT2D eigenvalue weighted by Crippen LogP contribution is 2.36. The molecule has 0 bridgehead atoms. The van der Waals surface area contributed by atoms with Gasteiger partial charge in [-0.15, -0.1) is 0 Å². The van der Waals surface area contributed by atoms with Gasteiger partial charge in [-0.05, 0) is 54.4 Å². The summed E-state index contributed by atoms with van der Waals surface area (Å²) in [5.41, 5.74) is 4.49. The van der Waals surface area contributed by atoms with Crippen molar-refractivity contribution in [2.24, 2.45) is 0 Å². The summed E-state index contributed by atoms with van der Waals surface area (Å²) in [6, 6.07) is 13.6. The smallest absolute Gasteiger partial charge is 0.321 e. The Labute approximate surface area is 172 Å². The Balaban J connectivity index is 1.62. The molecule has 0 unspecified atom stereocenters. The largest absolute Gasteiger partial charge is 0.486 e. The van der Waals surface area contributed by atoms with Crippen molar-refractivity contribution in [2.75, 3.05) is 25.1 Å². The van der Waals surface area contributed by atoms with Gasteiger partial charge in [-0.1, -0.05) is 6.07 Å². The van der Waals surface area contributed by atoms with E-state index in [1.54, 1.807) is 0 Å². The summed E-state index contributed by atoms with van der Waals surface area (Å²) in [7, 11) is 0. The fourth-order valence-electron chi connectivity index (χ4n) is 3.55. The monoisotopic (exact) mass is 403 g/mol. The molecule has 2 aromatic heterocycles. The number of imidazole rings is 1. The average molecular weight is 403 g/mol. The molecule has 3 heterocycles. The van der Waals surface area contributed by atoms with Crippen molar-refractivity contribution in [1.82, 2.24) is 19.9 Å². The Morgan fingerprint density at radius 2 is 1.90 bits per heavy atom. The van der Waals surface area contributed by atoms with Crippen LogP contribution >= 0.6 is 0 Å². The topological polar surface area (TPSA) is 93.2 Å². The number of hydrogen-bond donors (Lipinski definition) is 3. The van der Waals surface area contributed by atoms with Gasteiger partial charge in [-0.25, -0.2) is 9.78 Å². The summed E-state index contributed by atoms with van der Waals surface area (Å²) in [4.78, 5) is 19.7. The molecule has 0 saturated heterocycles. The molecular formula is C22H21N5O3. The van der Waals surface area contributed by atoms with E-state index < -0.39 is 0 Å². The molecule has 0 atom stereocenters. The van der Waals surface area contributed by atoms with Crippen molar-refractivity contribution in [2.45, 2.75) is 6.92 Å². The van der Waals surface area contributed by atoms with E-state index in [9.17, 15) is 4.79 Å². The van der Waals surface area contributed by atoms with Crippen molar-refractivity contribution >= 4 is 23.0 Å². The number of carbonyl (C=O) groups is 1. The Morgan fingerprint density at radius 3 is 2.70 bits per heavy atom. The van der Waals surface area contributed by atoms with E-state index in [1.807, 2.05) is 60.3 Å². The molecule has 4 aromatic rings. The zero-order valence-corrected chi connectivity index (χ0v) is 16.4. The zero-order valence-electron chi connectivity index (χ0n) is 16.4. The van der Waals surface area contributed by atoms with E-state index in [4.69, 9.17) is 9.47 Å². The third-order valence-corrected chi connectivity index (χ3v) is 4.90. The fraction of sp³-hybridized carbons (Fsp3) is 0.182. The van der Waals surface area contributed by atoms with Gasteiger partial charge < -0.3 is 24.3 Å². The van der Waals surface area contributed by atoms with Gasteiger partial charge in [0.05, 0.1) is 16.7 Å². The molecule has 2 aromatic carbocycles. The van der Waals surface area contributed by atoms with E-state index in [2.05, 4.69) is 26.7 Å². The van der Waals surface area contributed by atoms with E-state index in [1.165, 1.54) is 0 Å². The van der Waals surface area contributed by atoms with Crippen LogP contribution in [0.25, 0.3) is 27.8 Å². The lowest BCUT2D eigenvalue weighted by Crippen LogP contribution is -2.28. The number of benzene rings is 2. The average Bonchev–Trinajstić information content (AvgIpc) is 3.42. The highest BCUT2D eigenvalue weighted by molar-refractivity contribution is 5.94. The minimum absolute atomic E-state index is 0.300. The Kier molecular flexibility index (Phi) is 4.51. The maximum absolute atomic E-state index is 11.9. The number of anilines is 1. The molecule has 152 valence electrons. The van der Waals surface area contributed by atoms with Crippen molar-refractivity contribution in [3.05, 3.63) is 54.9 Å². The lowest BCUT2D eigenvalue weighted by molar-refractivity contribution is 0.171. The summed E-state index contributed by atoms with van der Waals surface area (Å²) in [6.07, 6.45) is 3.94. The highest BCUT2D eigenvalue weighted by Gasteiger charge is 2.16. The van der Waals surface area contributed by atoms with Crippen LogP contribution in [-0.2, 0) is 0 Å². The number of ether oxygens (including phenoxy) is 2. The molecule has 2 amide bonds. The second-order valence-electron chi connectivity index (χ2n) is 6.91. The van der Waals surface area contributed by atoms with Gasteiger partial charge in [0.2, 0.25) is 5.95 Å². The molecule has 30 heavy (non-hydrogen) atoms. The molecule has 0 aliphatic carbocycles. The van der Waals surface area contributed by atoms with Crippen LogP contribution in [0.5, 0.6) is 11.5 Å². The first-order chi connectivity index (χ1) is 14.7. The Morgan fingerprint density at radius 1 is 1.10 bits per heavy atom. The number of aromatic nitrogens is 3. The summed E-state index contributed by atoms with van der Waals surface area (Å²) in [6.45, 7) is 3.50. The first kappa shape index (κ1) is 18.1. The standard InChI is InChI=1S/C22H21N5O3/c1-2-23-22(28)26-21-24-16-11-15(12-17(20(16)25-21)27-7-3-4-8-27)14-5-6-18-19(13-14)30-10-9-29-18/h3-8,11-13H,2,9-10H2,1H3,(H3,23,24,25,26,28). The number of urea groups is 1. The summed E-state index contributed by atoms with van der Waals surface area (Å²) < 4.78 is 13.4. The quantitative estimate of drug-likeness (QED) is 0.481. The number of amides is 2. The van der Waals surface area contributed by atoms with Crippen molar-refractivity contribution in [3.8, 4) is 28.3 Å². The number of aromatic amines is 1. The van der Waals surface area contributed by atoms with Crippen LogP contribution in [0.2, 0.25) is 0 Å². The van der Waals surface area contributed by atoms with Gasteiger partial charge >= 0.3 is 6.03 Å². The van der Waals surface area contributed by atoms with Crippen LogP contribution in [0.3, 0.4) is 0 Å². The summed E-state index contributed by atoms with van der Waals surface area (Å²) in [5.74, 6) is 1.88. The van der Waals surface area contributed by atoms with Crippen LogP contribution in [0.4, 0.5) is 10.7 Å². The van der Waals surface area contributed by atoms with Gasteiger partial charge in [0.25, 0.3) is 0 Å². The molecule has 0 saturated carbocycles. The van der Waals surface area contributed by atoms with E-state index in [0.717, 1.165) is 39.3 Å². The number of hydrogen-bond acceptors (Lipinski definition) is 4. The number of fused-ring (bicyclic) bond motifs is 2. The highest BCUT2D eigenvalue weighted by atomic mass is 16.6. The predicted octanol–water partition coefficient (Wildman–Crippen LogP) is 3.93. The van der Waals surface area contributed by atoms with Crippen LogP contribution in [0.1, 0.15) is 6.92 Å². The molecular weight excluding hydrogens is 382 g/mol. The molecule has 1 aliphatic rings. The van der Waals surface area contributed by atoms with Crippen LogP contribution in [0.15, 0.2) is 54.9 Å². The molecule has 1 aliphatic heterocycles. The predicted molar refractivity (Wildman–Crippen MR) is 115 cm³/mol. The van der Waals surface area contributed by atoms with E-state index in [0.29, 0.717) is 25.7 Å². The molecule has 0 radical (unpaired) electrons. The third kappa shape index (κ3) is 3.32. The van der Waals surface area contributed by atoms with E-state index in [-0.39, 0.29) is 6.03 Å². The maximum atomic E-state index is 11.9. The number of rotatable bonds is 4. The van der Waals surface area contributed by atoms with Crippen LogP contribution in [0, 0.1) is 0 Å². The number of nitrogens with zero attached hydrogens (tertiary/aromatic N) is 2. The van der Waals surface area contributed by atoms with Crippen molar-refractivity contribution in [3.63, 3.8) is 0 Å². The zero-order chi connectivity index (χ0) is 20.5. The number of carbonyl (C=O) groups excluding carboxylic acids is 1. The molecule has 8 nitrogen and oxygen atoms in total. The number of nitrogens with one attached hydrogen (secondary N) is 3. The summed E-state index contributed by atoms with van der Waals surface area (Å²) in [5, 5.41) is 5.45.